The van der Waals surface area contributed by atoms with Crippen LogP contribution in [0.3, 0.4) is 0 Å². The smallest absolute Gasteiger partial charge is 0.314 e. The molecule has 4 nitrogen and oxygen atoms in total. The minimum absolute atomic E-state index is 0.140. The first-order chi connectivity index (χ1) is 10.4. The Balaban J connectivity index is 2.13. The Bertz CT molecular complexity index is 729. The summed E-state index contributed by atoms with van der Waals surface area (Å²) in [5, 5.41) is 5.53. The molecule has 0 bridgehead atoms. The number of hydrogen-bond donors (Lipinski definition) is 2. The Morgan fingerprint density at radius 3 is 1.86 bits per heavy atom. The number of nitrogens with one attached hydrogen (secondary N) is 2. The van der Waals surface area contributed by atoms with Crippen molar-refractivity contribution in [3.63, 3.8) is 0 Å². The summed E-state index contributed by atoms with van der Waals surface area (Å²) in [4.78, 5) is 23.8. The molecular formula is C14H8Cl4N2O2. The normalized spacial score (nSPS) is 10.2. The predicted molar refractivity (Wildman–Crippen MR) is 90.2 cm³/mol. The molecule has 0 aliphatic carbocycles. The molecule has 0 radical (unpaired) electrons. The van der Waals surface area contributed by atoms with Gasteiger partial charge >= 0.3 is 11.8 Å². The number of halogens is 4. The molecule has 8 heteroatoms. The molecule has 22 heavy (non-hydrogen) atoms. The van der Waals surface area contributed by atoms with E-state index in [0.29, 0.717) is 0 Å². The third kappa shape index (κ3) is 3.84. The Morgan fingerprint density at radius 1 is 0.727 bits per heavy atom. The van der Waals surface area contributed by atoms with Crippen molar-refractivity contribution in [2.75, 3.05) is 10.6 Å². The van der Waals surface area contributed by atoms with Crippen molar-refractivity contribution in [2.24, 2.45) is 0 Å². The predicted octanol–water partition coefficient (Wildman–Crippen LogP) is 4.88. The maximum Gasteiger partial charge on any atom is 0.314 e. The van der Waals surface area contributed by atoms with Crippen molar-refractivity contribution < 1.29 is 9.59 Å². The summed E-state index contributed by atoms with van der Waals surface area (Å²) in [6.07, 6.45) is 0. The first kappa shape index (κ1) is 16.9. The van der Waals surface area contributed by atoms with Crippen LogP contribution in [0.2, 0.25) is 20.1 Å². The van der Waals surface area contributed by atoms with Gasteiger partial charge in [-0.15, -0.1) is 0 Å². The fourth-order valence-electron chi connectivity index (χ4n) is 1.57. The quantitative estimate of drug-likeness (QED) is 0.733. The van der Waals surface area contributed by atoms with E-state index in [1.165, 1.54) is 18.2 Å². The van der Waals surface area contributed by atoms with Crippen LogP contribution in [0.15, 0.2) is 36.4 Å². The molecule has 2 aromatic rings. The average Bonchev–Trinajstić information content (AvgIpc) is 2.47. The Kier molecular flexibility index (Phi) is 5.53. The molecule has 2 amide bonds. The monoisotopic (exact) mass is 376 g/mol. The zero-order valence-electron chi connectivity index (χ0n) is 10.8. The second-order valence-electron chi connectivity index (χ2n) is 4.11. The number of hydrogen-bond acceptors (Lipinski definition) is 2. The zero-order chi connectivity index (χ0) is 16.3. The summed E-state index contributed by atoms with van der Waals surface area (Å²) in [5.41, 5.74) is 0.378. The molecule has 0 aliphatic heterocycles. The average molecular weight is 378 g/mol. The maximum absolute atomic E-state index is 11.9. The molecule has 0 saturated heterocycles. The highest BCUT2D eigenvalue weighted by atomic mass is 35.5. The van der Waals surface area contributed by atoms with Crippen LogP contribution in [-0.2, 0) is 9.59 Å². The molecule has 2 rings (SSSR count). The van der Waals surface area contributed by atoms with E-state index in [-0.39, 0.29) is 31.5 Å². The van der Waals surface area contributed by atoms with E-state index in [2.05, 4.69) is 10.6 Å². The van der Waals surface area contributed by atoms with Crippen molar-refractivity contribution in [1.29, 1.82) is 0 Å². The van der Waals surface area contributed by atoms with E-state index < -0.39 is 11.8 Å². The first-order valence-electron chi connectivity index (χ1n) is 5.90. The van der Waals surface area contributed by atoms with Crippen LogP contribution < -0.4 is 10.6 Å². The van der Waals surface area contributed by atoms with Crippen LogP contribution in [0.4, 0.5) is 11.4 Å². The van der Waals surface area contributed by atoms with Crippen LogP contribution >= 0.6 is 46.4 Å². The van der Waals surface area contributed by atoms with E-state index in [1.807, 2.05) is 0 Å². The van der Waals surface area contributed by atoms with Gasteiger partial charge < -0.3 is 10.6 Å². The van der Waals surface area contributed by atoms with Crippen molar-refractivity contribution in [1.82, 2.24) is 0 Å². The van der Waals surface area contributed by atoms with Crippen LogP contribution in [0.1, 0.15) is 0 Å². The minimum atomic E-state index is -0.939. The number of rotatable bonds is 2. The Hall–Kier alpha value is -1.46. The third-order valence-electron chi connectivity index (χ3n) is 2.61. The lowest BCUT2D eigenvalue weighted by molar-refractivity contribution is -0.132. The molecule has 0 aliphatic rings. The molecule has 114 valence electrons. The Morgan fingerprint density at radius 2 is 1.23 bits per heavy atom. The highest BCUT2D eigenvalue weighted by Crippen LogP contribution is 2.31. The summed E-state index contributed by atoms with van der Waals surface area (Å²) >= 11 is 23.6. The van der Waals surface area contributed by atoms with Crippen LogP contribution in [0.25, 0.3) is 0 Å². The highest BCUT2D eigenvalue weighted by molar-refractivity contribution is 6.48. The van der Waals surface area contributed by atoms with Gasteiger partial charge in [0.25, 0.3) is 0 Å². The lowest BCUT2D eigenvalue weighted by atomic mass is 10.3. The molecule has 0 aromatic heterocycles. The largest absolute Gasteiger partial charge is 0.316 e. The molecule has 2 aromatic carbocycles. The van der Waals surface area contributed by atoms with E-state index in [9.17, 15) is 9.59 Å². The lowest BCUT2D eigenvalue weighted by Gasteiger charge is -2.10. The van der Waals surface area contributed by atoms with Gasteiger partial charge in [0.05, 0.1) is 31.5 Å². The van der Waals surface area contributed by atoms with Crippen LogP contribution in [0, 0.1) is 0 Å². The van der Waals surface area contributed by atoms with Gasteiger partial charge in [0, 0.05) is 0 Å². The van der Waals surface area contributed by atoms with Gasteiger partial charge in [0.15, 0.2) is 0 Å². The molecular weight excluding hydrogens is 370 g/mol. The molecule has 0 atom stereocenters. The SMILES string of the molecule is O=C(Nc1cccc(Cl)c1Cl)C(=O)Nc1c(Cl)cccc1Cl. The van der Waals surface area contributed by atoms with Gasteiger partial charge in [-0.2, -0.15) is 0 Å². The fourth-order valence-corrected chi connectivity index (χ4v) is 2.41. The second kappa shape index (κ2) is 7.20. The van der Waals surface area contributed by atoms with E-state index in [0.717, 1.165) is 0 Å². The summed E-state index contributed by atoms with van der Waals surface area (Å²) in [6, 6.07) is 9.35. The molecule has 0 heterocycles. The number of anilines is 2. The summed E-state index contributed by atoms with van der Waals surface area (Å²) in [5.74, 6) is -1.87. The summed E-state index contributed by atoms with van der Waals surface area (Å²) < 4.78 is 0. The van der Waals surface area contributed by atoms with Crippen molar-refractivity contribution in [3.8, 4) is 0 Å². The maximum atomic E-state index is 11.9. The number of amides is 2. The van der Waals surface area contributed by atoms with Gasteiger partial charge in [0.1, 0.15) is 0 Å². The molecule has 0 fully saturated rings. The molecule has 0 unspecified atom stereocenters. The zero-order valence-corrected chi connectivity index (χ0v) is 13.8. The second-order valence-corrected chi connectivity index (χ2v) is 5.71. The van der Waals surface area contributed by atoms with Gasteiger partial charge in [-0.05, 0) is 24.3 Å². The molecule has 0 saturated carbocycles. The van der Waals surface area contributed by atoms with Crippen molar-refractivity contribution >= 4 is 69.6 Å². The topological polar surface area (TPSA) is 58.2 Å². The molecule has 0 spiro atoms. The van der Waals surface area contributed by atoms with E-state index in [4.69, 9.17) is 46.4 Å². The Labute approximate surface area is 146 Å². The molecule has 2 N–H and O–H groups in total. The van der Waals surface area contributed by atoms with Gasteiger partial charge in [-0.25, -0.2) is 0 Å². The number of benzene rings is 2. The minimum Gasteiger partial charge on any atom is -0.316 e. The van der Waals surface area contributed by atoms with Crippen molar-refractivity contribution in [2.45, 2.75) is 0 Å². The number of para-hydroxylation sites is 1. The lowest BCUT2D eigenvalue weighted by Crippen LogP contribution is -2.29. The van der Waals surface area contributed by atoms with E-state index in [1.54, 1.807) is 18.2 Å². The van der Waals surface area contributed by atoms with Gasteiger partial charge in [0.2, 0.25) is 0 Å². The van der Waals surface area contributed by atoms with Gasteiger partial charge in [-0.1, -0.05) is 58.5 Å². The van der Waals surface area contributed by atoms with Crippen LogP contribution in [0.5, 0.6) is 0 Å². The number of carbonyl (C=O) groups is 2. The van der Waals surface area contributed by atoms with Crippen molar-refractivity contribution in [3.05, 3.63) is 56.5 Å². The third-order valence-corrected chi connectivity index (χ3v) is 4.06. The van der Waals surface area contributed by atoms with E-state index >= 15 is 0 Å². The fraction of sp³-hybridized carbons (Fsp3) is 0. The summed E-state index contributed by atoms with van der Waals surface area (Å²) in [7, 11) is 0. The number of carbonyl (C=O) groups excluding carboxylic acids is 2. The first-order valence-corrected chi connectivity index (χ1v) is 7.41. The van der Waals surface area contributed by atoms with Gasteiger partial charge in [-0.3, -0.25) is 9.59 Å². The van der Waals surface area contributed by atoms with Crippen LogP contribution in [-0.4, -0.2) is 11.8 Å². The highest BCUT2D eigenvalue weighted by Gasteiger charge is 2.18. The summed E-state index contributed by atoms with van der Waals surface area (Å²) in [6.45, 7) is 0. The standard InChI is InChI=1S/C14H8Cl4N2O2/c15-7-3-2-6-10(11(7)18)19-13(21)14(22)20-12-8(16)4-1-5-9(12)17/h1-6H,(H,19,21)(H,20,22).